The summed E-state index contributed by atoms with van der Waals surface area (Å²) in [7, 11) is 0. The number of aryl methyl sites for hydroxylation is 3. The lowest BCUT2D eigenvalue weighted by atomic mass is 10.1. The first-order chi connectivity index (χ1) is 10.4. The molecule has 0 spiro atoms. The minimum Gasteiger partial charge on any atom is -0.317 e. The predicted molar refractivity (Wildman–Crippen MR) is 101 cm³/mol. The maximum absolute atomic E-state index is 12.2. The standard InChI is InChI=1S/C16H16IN3OS/c1-9-4-5-12(10(2)8-9)15(21)20-16(22)19-14-7-6-13(17)11(3)18-14/h4-8H,1-3H3,(H2,18,19,20,21,22). The van der Waals surface area contributed by atoms with Crippen molar-refractivity contribution in [1.29, 1.82) is 0 Å². The molecule has 0 saturated heterocycles. The molecule has 0 aliphatic carbocycles. The Bertz CT molecular complexity index is 746. The highest BCUT2D eigenvalue weighted by molar-refractivity contribution is 14.1. The van der Waals surface area contributed by atoms with Gasteiger partial charge < -0.3 is 5.32 Å². The Morgan fingerprint density at radius 2 is 1.91 bits per heavy atom. The van der Waals surface area contributed by atoms with Crippen LogP contribution in [0.4, 0.5) is 5.82 Å². The summed E-state index contributed by atoms with van der Waals surface area (Å²) in [5.41, 5.74) is 3.56. The van der Waals surface area contributed by atoms with E-state index in [4.69, 9.17) is 12.2 Å². The molecule has 22 heavy (non-hydrogen) atoms. The van der Waals surface area contributed by atoms with Crippen molar-refractivity contribution in [2.75, 3.05) is 5.32 Å². The first-order valence-corrected chi connectivity index (χ1v) is 8.18. The molecule has 1 aromatic heterocycles. The number of carbonyl (C=O) groups excluding carboxylic acids is 1. The van der Waals surface area contributed by atoms with Crippen LogP contribution in [0.15, 0.2) is 30.3 Å². The lowest BCUT2D eigenvalue weighted by molar-refractivity contribution is 0.0977. The molecule has 1 aromatic carbocycles. The quantitative estimate of drug-likeness (QED) is 0.569. The summed E-state index contributed by atoms with van der Waals surface area (Å²) in [5.74, 6) is 0.390. The second kappa shape index (κ2) is 7.15. The van der Waals surface area contributed by atoms with Crippen LogP contribution in [0.1, 0.15) is 27.2 Å². The number of hydrogen-bond donors (Lipinski definition) is 2. The van der Waals surface area contributed by atoms with E-state index in [1.807, 2.05) is 45.0 Å². The van der Waals surface area contributed by atoms with E-state index in [2.05, 4.69) is 38.2 Å². The molecule has 4 nitrogen and oxygen atoms in total. The summed E-state index contributed by atoms with van der Waals surface area (Å²) in [4.78, 5) is 16.6. The van der Waals surface area contributed by atoms with Crippen LogP contribution < -0.4 is 10.6 Å². The van der Waals surface area contributed by atoms with E-state index in [-0.39, 0.29) is 11.0 Å². The van der Waals surface area contributed by atoms with Gasteiger partial charge in [0.05, 0.1) is 5.69 Å². The number of pyridine rings is 1. The Labute approximate surface area is 148 Å². The molecule has 0 unspecified atom stereocenters. The normalized spacial score (nSPS) is 10.2. The van der Waals surface area contributed by atoms with Gasteiger partial charge >= 0.3 is 0 Å². The summed E-state index contributed by atoms with van der Waals surface area (Å²) in [6.45, 7) is 5.82. The number of nitrogens with one attached hydrogen (secondary N) is 2. The van der Waals surface area contributed by atoms with E-state index < -0.39 is 0 Å². The van der Waals surface area contributed by atoms with Gasteiger partial charge in [0.2, 0.25) is 0 Å². The highest BCUT2D eigenvalue weighted by Gasteiger charge is 2.11. The third-order valence-electron chi connectivity index (χ3n) is 3.12. The molecule has 1 amide bonds. The molecule has 0 aliphatic heterocycles. The van der Waals surface area contributed by atoms with Crippen LogP contribution >= 0.6 is 34.8 Å². The van der Waals surface area contributed by atoms with Gasteiger partial charge in [-0.05, 0) is 79.3 Å². The zero-order valence-corrected chi connectivity index (χ0v) is 15.5. The number of halogens is 1. The van der Waals surface area contributed by atoms with E-state index in [9.17, 15) is 4.79 Å². The van der Waals surface area contributed by atoms with Gasteiger partial charge in [-0.2, -0.15) is 0 Å². The van der Waals surface area contributed by atoms with Crippen LogP contribution in [0.2, 0.25) is 0 Å². The van der Waals surface area contributed by atoms with Crippen LogP contribution in [-0.2, 0) is 0 Å². The van der Waals surface area contributed by atoms with Gasteiger partial charge in [0, 0.05) is 9.13 Å². The molecule has 2 aromatic rings. The molecular weight excluding hydrogens is 409 g/mol. The van der Waals surface area contributed by atoms with Gasteiger partial charge in [0.25, 0.3) is 5.91 Å². The number of carbonyl (C=O) groups is 1. The smallest absolute Gasteiger partial charge is 0.257 e. The lowest BCUT2D eigenvalue weighted by Gasteiger charge is -2.11. The van der Waals surface area contributed by atoms with E-state index in [1.165, 1.54) is 0 Å². The molecule has 0 saturated carbocycles. The van der Waals surface area contributed by atoms with E-state index in [0.717, 1.165) is 20.4 Å². The van der Waals surface area contributed by atoms with Crippen molar-refractivity contribution >= 4 is 51.6 Å². The van der Waals surface area contributed by atoms with E-state index in [0.29, 0.717) is 11.4 Å². The van der Waals surface area contributed by atoms with Crippen molar-refractivity contribution < 1.29 is 4.79 Å². The second-order valence-electron chi connectivity index (χ2n) is 4.99. The summed E-state index contributed by atoms with van der Waals surface area (Å²) < 4.78 is 1.08. The number of nitrogens with zero attached hydrogens (tertiary/aromatic N) is 1. The third-order valence-corrected chi connectivity index (χ3v) is 4.46. The largest absolute Gasteiger partial charge is 0.317 e. The maximum Gasteiger partial charge on any atom is 0.257 e. The van der Waals surface area contributed by atoms with Crippen LogP contribution in [0.3, 0.4) is 0 Å². The number of thiocarbonyl (C=S) groups is 1. The first kappa shape index (κ1) is 16.8. The summed E-state index contributed by atoms with van der Waals surface area (Å²) in [6.07, 6.45) is 0. The van der Waals surface area contributed by atoms with Crippen LogP contribution in [-0.4, -0.2) is 16.0 Å². The topological polar surface area (TPSA) is 54.0 Å². The monoisotopic (exact) mass is 425 g/mol. The Hall–Kier alpha value is -1.54. The van der Waals surface area contributed by atoms with Gasteiger partial charge in [-0.15, -0.1) is 0 Å². The molecule has 0 aliphatic rings. The molecule has 0 radical (unpaired) electrons. The summed E-state index contributed by atoms with van der Waals surface area (Å²) in [5, 5.41) is 5.84. The molecule has 0 atom stereocenters. The van der Waals surface area contributed by atoms with Crippen LogP contribution in [0, 0.1) is 24.3 Å². The van der Waals surface area contributed by atoms with Gasteiger partial charge in [-0.1, -0.05) is 17.7 Å². The fourth-order valence-corrected chi connectivity index (χ4v) is 2.50. The third kappa shape index (κ3) is 4.23. The van der Waals surface area contributed by atoms with Gasteiger partial charge in [0.15, 0.2) is 5.11 Å². The minimum atomic E-state index is -0.225. The molecule has 1 heterocycles. The molecule has 114 valence electrons. The SMILES string of the molecule is Cc1ccc(C(=O)NC(=S)Nc2ccc(I)c(C)n2)c(C)c1. The lowest BCUT2D eigenvalue weighted by Crippen LogP contribution is -2.34. The van der Waals surface area contributed by atoms with Crippen molar-refractivity contribution in [2.45, 2.75) is 20.8 Å². The molecule has 0 fully saturated rings. The number of hydrogen-bond acceptors (Lipinski definition) is 3. The van der Waals surface area contributed by atoms with Crippen molar-refractivity contribution in [3.63, 3.8) is 0 Å². The number of aromatic nitrogens is 1. The van der Waals surface area contributed by atoms with Crippen molar-refractivity contribution in [3.05, 3.63) is 56.3 Å². The fourth-order valence-electron chi connectivity index (χ4n) is 2.00. The number of amides is 1. The van der Waals surface area contributed by atoms with Crippen molar-refractivity contribution in [2.24, 2.45) is 0 Å². The van der Waals surface area contributed by atoms with E-state index in [1.54, 1.807) is 6.07 Å². The highest BCUT2D eigenvalue weighted by atomic mass is 127. The number of anilines is 1. The van der Waals surface area contributed by atoms with Crippen LogP contribution in [0.5, 0.6) is 0 Å². The van der Waals surface area contributed by atoms with Crippen LogP contribution in [0.25, 0.3) is 0 Å². The second-order valence-corrected chi connectivity index (χ2v) is 6.56. The predicted octanol–water partition coefficient (Wildman–Crippen LogP) is 3.74. The number of benzene rings is 1. The number of rotatable bonds is 2. The Morgan fingerprint density at radius 1 is 1.18 bits per heavy atom. The Morgan fingerprint density at radius 3 is 2.55 bits per heavy atom. The fraction of sp³-hybridized carbons (Fsp3) is 0.188. The summed E-state index contributed by atoms with van der Waals surface area (Å²) in [6, 6.07) is 9.44. The molecule has 6 heteroatoms. The average molecular weight is 425 g/mol. The zero-order chi connectivity index (χ0) is 16.3. The summed E-state index contributed by atoms with van der Waals surface area (Å²) >= 11 is 7.39. The van der Waals surface area contributed by atoms with Gasteiger partial charge in [0.1, 0.15) is 5.82 Å². The van der Waals surface area contributed by atoms with Crippen molar-refractivity contribution in [1.82, 2.24) is 10.3 Å². The molecule has 2 rings (SSSR count). The molecular formula is C16H16IN3OS. The van der Waals surface area contributed by atoms with Gasteiger partial charge in [-0.25, -0.2) is 4.98 Å². The average Bonchev–Trinajstić information content (AvgIpc) is 2.42. The highest BCUT2D eigenvalue weighted by Crippen LogP contribution is 2.13. The maximum atomic E-state index is 12.2. The van der Waals surface area contributed by atoms with Gasteiger partial charge in [-0.3, -0.25) is 10.1 Å². The van der Waals surface area contributed by atoms with E-state index >= 15 is 0 Å². The molecule has 2 N–H and O–H groups in total. The molecule has 0 bridgehead atoms. The Balaban J connectivity index is 2.05. The Kier molecular flexibility index (Phi) is 5.47. The first-order valence-electron chi connectivity index (χ1n) is 6.69. The van der Waals surface area contributed by atoms with Crippen molar-refractivity contribution in [3.8, 4) is 0 Å². The zero-order valence-electron chi connectivity index (χ0n) is 12.5. The minimum absolute atomic E-state index is 0.225.